The second kappa shape index (κ2) is 5.55. The normalized spacial score (nSPS) is 35.7. The van der Waals surface area contributed by atoms with Crippen LogP contribution in [0.15, 0.2) is 40.8 Å². The highest BCUT2D eigenvalue weighted by Crippen LogP contribution is 2.53. The summed E-state index contributed by atoms with van der Waals surface area (Å²) in [5.74, 6) is -0.218. The second-order valence-electron chi connectivity index (χ2n) is 7.45. The van der Waals surface area contributed by atoms with Crippen LogP contribution in [0.2, 0.25) is 0 Å². The largest absolute Gasteiger partial charge is 0.497 e. The van der Waals surface area contributed by atoms with Gasteiger partial charge in [-0.1, -0.05) is 6.08 Å². The Balaban J connectivity index is 1.67. The molecule has 0 amide bonds. The van der Waals surface area contributed by atoms with Crippen molar-refractivity contribution in [2.24, 2.45) is 5.92 Å². The fourth-order valence-electron chi connectivity index (χ4n) is 4.47. The van der Waals surface area contributed by atoms with Crippen LogP contribution in [0.25, 0.3) is 0 Å². The second-order valence-corrected chi connectivity index (χ2v) is 9.14. The lowest BCUT2D eigenvalue weighted by Crippen LogP contribution is -2.54. The van der Waals surface area contributed by atoms with Crippen molar-refractivity contribution in [3.63, 3.8) is 0 Å². The molecule has 0 radical (unpaired) electrons. The number of hydrogen-bond donors (Lipinski definition) is 2. The summed E-state index contributed by atoms with van der Waals surface area (Å²) in [7, 11) is -2.30. The molecule has 1 saturated carbocycles. The number of rotatable bonds is 4. The number of hydrogen-bond acceptors (Lipinski definition) is 6. The van der Waals surface area contributed by atoms with Crippen molar-refractivity contribution in [2.45, 2.75) is 48.3 Å². The highest BCUT2D eigenvalue weighted by atomic mass is 32.2. The molecule has 4 atom stereocenters. The zero-order valence-corrected chi connectivity index (χ0v) is 15.4. The summed E-state index contributed by atoms with van der Waals surface area (Å²) < 4.78 is 38.6. The van der Waals surface area contributed by atoms with Gasteiger partial charge in [-0.15, -0.1) is 0 Å². The standard InChI is InChI=1S/C18H21NO6S/c1-17(19-26(22,23)13-6-4-12(24-2)5-7-13)9-11-3-8-15-18(11,21)14(10-17)16(20)25-15/h4-7,10-11,15,19,21H,3,8-9H2,1-2H3/t11-,15-,17-,18+/m1/s1. The van der Waals surface area contributed by atoms with Gasteiger partial charge in [0.2, 0.25) is 10.0 Å². The van der Waals surface area contributed by atoms with Gasteiger partial charge >= 0.3 is 5.97 Å². The van der Waals surface area contributed by atoms with Crippen LogP contribution in [-0.4, -0.2) is 43.8 Å². The molecule has 0 spiro atoms. The van der Waals surface area contributed by atoms with E-state index in [1.165, 1.54) is 25.3 Å². The number of methoxy groups -OCH3 is 1. The molecule has 1 saturated heterocycles. The van der Waals surface area contributed by atoms with E-state index < -0.39 is 33.2 Å². The molecule has 1 aromatic carbocycles. The summed E-state index contributed by atoms with van der Waals surface area (Å²) in [5.41, 5.74) is -2.10. The maximum absolute atomic E-state index is 12.8. The Morgan fingerprint density at radius 3 is 2.62 bits per heavy atom. The monoisotopic (exact) mass is 379 g/mol. The zero-order valence-electron chi connectivity index (χ0n) is 14.6. The van der Waals surface area contributed by atoms with E-state index >= 15 is 0 Å². The molecule has 0 aromatic heterocycles. The molecular formula is C18H21NO6S. The van der Waals surface area contributed by atoms with Crippen molar-refractivity contribution in [3.8, 4) is 5.75 Å². The van der Waals surface area contributed by atoms with Crippen molar-refractivity contribution >= 4 is 16.0 Å². The molecule has 1 heterocycles. The number of aliphatic hydroxyl groups is 1. The van der Waals surface area contributed by atoms with E-state index in [-0.39, 0.29) is 16.4 Å². The van der Waals surface area contributed by atoms with Crippen molar-refractivity contribution in [1.82, 2.24) is 4.72 Å². The molecule has 2 aliphatic carbocycles. The van der Waals surface area contributed by atoms with Crippen LogP contribution in [0.1, 0.15) is 26.2 Å². The van der Waals surface area contributed by atoms with Gasteiger partial charge in [0, 0.05) is 5.54 Å². The quantitative estimate of drug-likeness (QED) is 0.761. The van der Waals surface area contributed by atoms with Crippen molar-refractivity contribution in [3.05, 3.63) is 35.9 Å². The molecule has 3 aliphatic rings. The first-order valence-electron chi connectivity index (χ1n) is 8.53. The molecule has 1 aliphatic heterocycles. The maximum atomic E-state index is 12.8. The van der Waals surface area contributed by atoms with Gasteiger partial charge in [0.05, 0.1) is 17.6 Å². The lowest BCUT2D eigenvalue weighted by Gasteiger charge is -2.40. The van der Waals surface area contributed by atoms with Crippen LogP contribution >= 0.6 is 0 Å². The summed E-state index contributed by atoms with van der Waals surface area (Å²) in [6.45, 7) is 1.72. The molecule has 7 nitrogen and oxygen atoms in total. The Bertz CT molecular complexity index is 893. The first-order chi connectivity index (χ1) is 12.2. The number of carbonyl (C=O) groups is 1. The van der Waals surface area contributed by atoms with E-state index in [4.69, 9.17) is 9.47 Å². The van der Waals surface area contributed by atoms with E-state index in [1.807, 2.05) is 0 Å². The zero-order chi connectivity index (χ0) is 18.7. The number of carbonyl (C=O) groups excluding carboxylic acids is 1. The van der Waals surface area contributed by atoms with Crippen molar-refractivity contribution in [2.75, 3.05) is 7.11 Å². The molecule has 26 heavy (non-hydrogen) atoms. The predicted octanol–water partition coefficient (Wildman–Crippen LogP) is 1.13. The summed E-state index contributed by atoms with van der Waals surface area (Å²) in [6, 6.07) is 6.08. The average molecular weight is 379 g/mol. The number of sulfonamides is 1. The summed E-state index contributed by atoms with van der Waals surface area (Å²) in [6.07, 6.45) is 2.68. The third-order valence-corrected chi connectivity index (χ3v) is 7.29. The van der Waals surface area contributed by atoms with Gasteiger partial charge in [-0.05, 0) is 56.4 Å². The molecule has 0 bridgehead atoms. The van der Waals surface area contributed by atoms with E-state index in [0.29, 0.717) is 25.0 Å². The third kappa shape index (κ3) is 2.47. The molecule has 8 heteroatoms. The van der Waals surface area contributed by atoms with Gasteiger partial charge < -0.3 is 14.6 Å². The number of benzene rings is 1. The highest BCUT2D eigenvalue weighted by molar-refractivity contribution is 7.89. The number of esters is 1. The van der Waals surface area contributed by atoms with E-state index in [9.17, 15) is 18.3 Å². The van der Waals surface area contributed by atoms with Crippen LogP contribution in [0.5, 0.6) is 5.75 Å². The van der Waals surface area contributed by atoms with Crippen LogP contribution in [0.3, 0.4) is 0 Å². The summed E-state index contributed by atoms with van der Waals surface area (Å²) in [5, 5.41) is 11.0. The lowest BCUT2D eigenvalue weighted by atomic mass is 9.71. The number of nitrogens with one attached hydrogen (secondary N) is 1. The van der Waals surface area contributed by atoms with Crippen molar-refractivity contribution in [1.29, 1.82) is 0 Å². The molecular weight excluding hydrogens is 358 g/mol. The lowest BCUT2D eigenvalue weighted by molar-refractivity contribution is -0.140. The predicted molar refractivity (Wildman–Crippen MR) is 92.0 cm³/mol. The molecule has 2 N–H and O–H groups in total. The topological polar surface area (TPSA) is 102 Å². The highest BCUT2D eigenvalue weighted by Gasteiger charge is 2.64. The first kappa shape index (κ1) is 17.5. The smallest absolute Gasteiger partial charge is 0.337 e. The fraction of sp³-hybridized carbons (Fsp3) is 0.500. The Morgan fingerprint density at radius 1 is 1.27 bits per heavy atom. The Labute approximate surface area is 152 Å². The van der Waals surface area contributed by atoms with Gasteiger partial charge in [0.1, 0.15) is 17.5 Å². The first-order valence-corrected chi connectivity index (χ1v) is 10.0. The summed E-state index contributed by atoms with van der Waals surface area (Å²) >= 11 is 0. The Hall–Kier alpha value is -1.90. The van der Waals surface area contributed by atoms with Crippen LogP contribution in [0.4, 0.5) is 0 Å². The molecule has 2 fully saturated rings. The molecule has 4 rings (SSSR count). The van der Waals surface area contributed by atoms with E-state index in [0.717, 1.165) is 0 Å². The number of ether oxygens (including phenoxy) is 2. The average Bonchev–Trinajstić information content (AvgIpc) is 3.02. The SMILES string of the molecule is COc1ccc(S(=O)(=O)N[C@@]2(C)C=C3C(=O)O[C@@H]4CC[C@H](C2)[C@]34O)cc1. The van der Waals surface area contributed by atoms with Gasteiger partial charge in [-0.3, -0.25) is 0 Å². The Kier molecular flexibility index (Phi) is 3.74. The molecule has 1 aromatic rings. The minimum Gasteiger partial charge on any atom is -0.497 e. The van der Waals surface area contributed by atoms with Gasteiger partial charge in [0.25, 0.3) is 0 Å². The van der Waals surface area contributed by atoms with E-state index in [2.05, 4.69) is 4.72 Å². The molecule has 0 unspecified atom stereocenters. The summed E-state index contributed by atoms with van der Waals surface area (Å²) in [4.78, 5) is 12.3. The van der Waals surface area contributed by atoms with Crippen molar-refractivity contribution < 1.29 is 27.8 Å². The maximum Gasteiger partial charge on any atom is 0.337 e. The minimum atomic E-state index is -3.81. The van der Waals surface area contributed by atoms with Gasteiger partial charge in [0.15, 0.2) is 0 Å². The van der Waals surface area contributed by atoms with Gasteiger partial charge in [-0.25, -0.2) is 17.9 Å². The minimum absolute atomic E-state index is 0.108. The van der Waals surface area contributed by atoms with Crippen LogP contribution < -0.4 is 9.46 Å². The molecule has 140 valence electrons. The third-order valence-electron chi connectivity index (χ3n) is 5.66. The van der Waals surface area contributed by atoms with Gasteiger partial charge in [-0.2, -0.15) is 0 Å². The van der Waals surface area contributed by atoms with E-state index in [1.54, 1.807) is 19.1 Å². The fourth-order valence-corrected chi connectivity index (χ4v) is 5.84. The van der Waals surface area contributed by atoms with Crippen LogP contribution in [0, 0.1) is 5.92 Å². The van der Waals surface area contributed by atoms with Crippen LogP contribution in [-0.2, 0) is 19.6 Å². The Morgan fingerprint density at radius 2 is 1.96 bits per heavy atom.